The highest BCUT2D eigenvalue weighted by Crippen LogP contribution is 2.42. The van der Waals surface area contributed by atoms with Crippen LogP contribution < -0.4 is 10.1 Å². The Morgan fingerprint density at radius 3 is 2.50 bits per heavy atom. The Kier molecular flexibility index (Phi) is 6.36. The minimum atomic E-state index is -0.756. The van der Waals surface area contributed by atoms with Crippen LogP contribution in [0.25, 0.3) is 0 Å². The Hall–Kier alpha value is -3.40. The van der Waals surface area contributed by atoms with Gasteiger partial charge in [-0.3, -0.25) is 14.9 Å². The van der Waals surface area contributed by atoms with Crippen LogP contribution in [0.2, 0.25) is 0 Å². The van der Waals surface area contributed by atoms with E-state index in [9.17, 15) is 20.2 Å². The normalized spacial score (nSPS) is 15.8. The Labute approximate surface area is 175 Å². The molecule has 2 aromatic rings. The molecule has 7 nitrogen and oxygen atoms in total. The lowest BCUT2D eigenvalue weighted by atomic mass is 9.78. The summed E-state index contributed by atoms with van der Waals surface area (Å²) in [5.41, 5.74) is 0.774. The van der Waals surface area contributed by atoms with Gasteiger partial charge in [-0.25, -0.2) is 0 Å². The predicted octanol–water partition coefficient (Wildman–Crippen LogP) is 5.09. The molecule has 7 heteroatoms. The molecule has 0 heterocycles. The van der Waals surface area contributed by atoms with Crippen molar-refractivity contribution in [2.24, 2.45) is 0 Å². The molecule has 3 rings (SSSR count). The third-order valence-corrected chi connectivity index (χ3v) is 5.79. The van der Waals surface area contributed by atoms with Gasteiger partial charge in [0.05, 0.1) is 27.7 Å². The molecule has 0 aliphatic heterocycles. The van der Waals surface area contributed by atoms with E-state index in [-0.39, 0.29) is 17.7 Å². The molecule has 1 fully saturated rings. The average molecular weight is 407 g/mol. The van der Waals surface area contributed by atoms with E-state index in [0.717, 1.165) is 24.8 Å². The van der Waals surface area contributed by atoms with Crippen molar-refractivity contribution in [3.05, 3.63) is 63.7 Å². The molecule has 1 N–H and O–H groups in total. The van der Waals surface area contributed by atoms with Gasteiger partial charge in [0.25, 0.3) is 5.69 Å². The zero-order chi connectivity index (χ0) is 21.7. The molecule has 0 saturated heterocycles. The number of hydrogen-bond donors (Lipinski definition) is 1. The summed E-state index contributed by atoms with van der Waals surface area (Å²) in [6.45, 7) is 3.97. The fraction of sp³-hybridized carbons (Fsp3) is 0.391. The number of nitro groups is 1. The summed E-state index contributed by atoms with van der Waals surface area (Å²) in [5, 5.41) is 23.4. The smallest absolute Gasteiger partial charge is 0.269 e. The zero-order valence-corrected chi connectivity index (χ0v) is 17.2. The molecule has 1 aliphatic carbocycles. The van der Waals surface area contributed by atoms with E-state index >= 15 is 0 Å². The van der Waals surface area contributed by atoms with E-state index in [1.54, 1.807) is 30.3 Å². The number of anilines is 1. The van der Waals surface area contributed by atoms with Gasteiger partial charge in [0.2, 0.25) is 5.91 Å². The second-order valence-corrected chi connectivity index (χ2v) is 7.70. The number of nitriles is 1. The van der Waals surface area contributed by atoms with Gasteiger partial charge in [-0.05, 0) is 43.9 Å². The van der Waals surface area contributed by atoms with Crippen molar-refractivity contribution in [1.82, 2.24) is 0 Å². The minimum absolute atomic E-state index is 0.00373. The average Bonchev–Trinajstić information content (AvgIpc) is 3.26. The van der Waals surface area contributed by atoms with Crippen LogP contribution in [0.3, 0.4) is 0 Å². The van der Waals surface area contributed by atoms with Crippen molar-refractivity contribution in [1.29, 1.82) is 5.26 Å². The highest BCUT2D eigenvalue weighted by atomic mass is 16.6. The maximum Gasteiger partial charge on any atom is 0.269 e. The minimum Gasteiger partial charge on any atom is -0.491 e. The molecule has 2 aromatic carbocycles. The number of nitrogens with zero attached hydrogens (tertiary/aromatic N) is 2. The fourth-order valence-corrected chi connectivity index (χ4v) is 3.88. The molecule has 0 radical (unpaired) electrons. The lowest BCUT2D eigenvalue weighted by molar-refractivity contribution is -0.384. The van der Waals surface area contributed by atoms with E-state index in [1.807, 2.05) is 13.8 Å². The standard InChI is InChI=1S/C23H25N3O4/c1-3-16(2)30-20-10-11-21(17(14-20)15-24)25-22(27)23(12-4-5-13-23)18-6-8-19(9-7-18)26(28)29/h6-11,14,16H,3-5,12-13H2,1-2H3,(H,25,27)/t16-/m1/s1. The number of carbonyl (C=O) groups excluding carboxylic acids is 1. The first-order chi connectivity index (χ1) is 14.4. The lowest BCUT2D eigenvalue weighted by Gasteiger charge is -2.28. The molecule has 1 saturated carbocycles. The van der Waals surface area contributed by atoms with Crippen LogP contribution in [0.1, 0.15) is 57.1 Å². The van der Waals surface area contributed by atoms with E-state index in [1.165, 1.54) is 12.1 Å². The highest BCUT2D eigenvalue weighted by molar-refractivity contribution is 6.00. The highest BCUT2D eigenvalue weighted by Gasteiger charge is 2.43. The van der Waals surface area contributed by atoms with Crippen LogP contribution in [0.5, 0.6) is 5.75 Å². The van der Waals surface area contributed by atoms with Crippen LogP contribution in [-0.4, -0.2) is 16.9 Å². The number of nitro benzene ring substituents is 1. The van der Waals surface area contributed by atoms with Crippen molar-refractivity contribution in [3.63, 3.8) is 0 Å². The SMILES string of the molecule is CC[C@@H](C)Oc1ccc(NC(=O)C2(c3ccc([N+](=O)[O-])cc3)CCCC2)c(C#N)c1. The summed E-state index contributed by atoms with van der Waals surface area (Å²) in [6, 6.07) is 13.4. The maximum absolute atomic E-state index is 13.3. The second-order valence-electron chi connectivity index (χ2n) is 7.70. The van der Waals surface area contributed by atoms with Gasteiger partial charge < -0.3 is 10.1 Å². The monoisotopic (exact) mass is 407 g/mol. The van der Waals surface area contributed by atoms with E-state index < -0.39 is 10.3 Å². The number of rotatable bonds is 7. The Balaban J connectivity index is 1.87. The van der Waals surface area contributed by atoms with Crippen LogP contribution in [0.15, 0.2) is 42.5 Å². The first-order valence-electron chi connectivity index (χ1n) is 10.2. The second kappa shape index (κ2) is 8.95. The Morgan fingerprint density at radius 1 is 1.27 bits per heavy atom. The molecule has 0 bridgehead atoms. The number of nitrogens with one attached hydrogen (secondary N) is 1. The fourth-order valence-electron chi connectivity index (χ4n) is 3.88. The summed E-state index contributed by atoms with van der Waals surface area (Å²) in [6.07, 6.45) is 3.99. The van der Waals surface area contributed by atoms with Gasteiger partial charge in [-0.15, -0.1) is 0 Å². The van der Waals surface area contributed by atoms with Crippen molar-refractivity contribution in [3.8, 4) is 11.8 Å². The number of non-ortho nitro benzene ring substituents is 1. The predicted molar refractivity (Wildman–Crippen MR) is 113 cm³/mol. The molecule has 1 atom stereocenters. The molecule has 30 heavy (non-hydrogen) atoms. The number of amides is 1. The summed E-state index contributed by atoms with van der Waals surface area (Å²) < 4.78 is 5.77. The molecule has 0 aromatic heterocycles. The van der Waals surface area contributed by atoms with Crippen molar-refractivity contribution in [2.45, 2.75) is 57.5 Å². The number of carbonyl (C=O) groups is 1. The first-order valence-corrected chi connectivity index (χ1v) is 10.2. The molecule has 1 amide bonds. The van der Waals surface area contributed by atoms with Crippen molar-refractivity contribution >= 4 is 17.3 Å². The first kappa shape index (κ1) is 21.3. The largest absolute Gasteiger partial charge is 0.491 e. The van der Waals surface area contributed by atoms with Crippen LogP contribution in [0.4, 0.5) is 11.4 Å². The summed E-state index contributed by atoms with van der Waals surface area (Å²) in [5.74, 6) is 0.394. The molecule has 156 valence electrons. The van der Waals surface area contributed by atoms with E-state index in [0.29, 0.717) is 29.8 Å². The molecular weight excluding hydrogens is 382 g/mol. The summed E-state index contributed by atoms with van der Waals surface area (Å²) >= 11 is 0. The van der Waals surface area contributed by atoms with Crippen molar-refractivity contribution < 1.29 is 14.5 Å². The molecule has 0 unspecified atom stereocenters. The third-order valence-electron chi connectivity index (χ3n) is 5.79. The number of benzene rings is 2. The van der Waals surface area contributed by atoms with Gasteiger partial charge in [0, 0.05) is 18.2 Å². The summed E-state index contributed by atoms with van der Waals surface area (Å²) in [7, 11) is 0. The number of hydrogen-bond acceptors (Lipinski definition) is 5. The zero-order valence-electron chi connectivity index (χ0n) is 17.2. The lowest BCUT2D eigenvalue weighted by Crippen LogP contribution is -2.38. The Morgan fingerprint density at radius 2 is 1.93 bits per heavy atom. The van der Waals surface area contributed by atoms with Crippen molar-refractivity contribution in [2.75, 3.05) is 5.32 Å². The van der Waals surface area contributed by atoms with E-state index in [4.69, 9.17) is 4.74 Å². The molecule has 0 spiro atoms. The quantitative estimate of drug-likeness (QED) is 0.508. The van der Waals surface area contributed by atoms with Crippen LogP contribution in [-0.2, 0) is 10.2 Å². The molecule has 1 aliphatic rings. The third kappa shape index (κ3) is 4.28. The van der Waals surface area contributed by atoms with Gasteiger partial charge in [-0.1, -0.05) is 31.9 Å². The van der Waals surface area contributed by atoms with Crippen LogP contribution >= 0.6 is 0 Å². The van der Waals surface area contributed by atoms with Crippen LogP contribution in [0, 0.1) is 21.4 Å². The van der Waals surface area contributed by atoms with Gasteiger partial charge in [0.1, 0.15) is 11.8 Å². The number of ether oxygens (including phenoxy) is 1. The van der Waals surface area contributed by atoms with Gasteiger partial charge in [-0.2, -0.15) is 5.26 Å². The van der Waals surface area contributed by atoms with E-state index in [2.05, 4.69) is 11.4 Å². The van der Waals surface area contributed by atoms with Gasteiger partial charge >= 0.3 is 0 Å². The van der Waals surface area contributed by atoms with Gasteiger partial charge in [0.15, 0.2) is 0 Å². The topological polar surface area (TPSA) is 105 Å². The molecular formula is C23H25N3O4. The summed E-state index contributed by atoms with van der Waals surface area (Å²) in [4.78, 5) is 23.9. The Bertz CT molecular complexity index is 973. The maximum atomic E-state index is 13.3.